The van der Waals surface area contributed by atoms with Gasteiger partial charge in [-0.15, -0.1) is 0 Å². The van der Waals surface area contributed by atoms with Crippen LogP contribution in [-0.4, -0.2) is 62.3 Å². The lowest BCUT2D eigenvalue weighted by molar-refractivity contribution is -0.113. The molecule has 1 aromatic heterocycles. The predicted octanol–water partition coefficient (Wildman–Crippen LogP) is 3.40. The fraction of sp³-hybridized carbons (Fsp3) is 0.304. The molecule has 0 spiro atoms. The summed E-state index contributed by atoms with van der Waals surface area (Å²) in [6.07, 6.45) is -0.628. The lowest BCUT2D eigenvalue weighted by atomic mass is 9.95. The SMILES string of the molecule is COc1ccc(C2c3c(-c4ccc(F)cc4)n[nH]c3C(=O)N2CC(OC)OC)c(OC)c1. The third-order valence-electron chi connectivity index (χ3n) is 5.59. The van der Waals surface area contributed by atoms with E-state index < -0.39 is 12.3 Å². The number of hydrogen-bond donors (Lipinski definition) is 1. The first kappa shape index (κ1) is 21.8. The lowest BCUT2D eigenvalue weighted by Crippen LogP contribution is -2.38. The fourth-order valence-corrected chi connectivity index (χ4v) is 3.99. The van der Waals surface area contributed by atoms with E-state index in [9.17, 15) is 9.18 Å². The summed E-state index contributed by atoms with van der Waals surface area (Å²) in [5.41, 5.74) is 3.03. The second kappa shape index (κ2) is 8.97. The zero-order chi connectivity index (χ0) is 22.8. The number of nitrogens with zero attached hydrogens (tertiary/aromatic N) is 2. The molecule has 1 atom stereocenters. The van der Waals surface area contributed by atoms with Gasteiger partial charge in [-0.05, 0) is 36.4 Å². The van der Waals surface area contributed by atoms with Crippen molar-refractivity contribution in [2.75, 3.05) is 35.0 Å². The summed E-state index contributed by atoms with van der Waals surface area (Å²) in [4.78, 5) is 15.0. The molecule has 2 heterocycles. The molecule has 1 aliphatic rings. The Morgan fingerprint density at radius 2 is 1.78 bits per heavy atom. The number of H-pyrrole nitrogens is 1. The number of methoxy groups -OCH3 is 4. The number of aromatic amines is 1. The van der Waals surface area contributed by atoms with Gasteiger partial charge < -0.3 is 23.8 Å². The van der Waals surface area contributed by atoms with Gasteiger partial charge in [0.05, 0.1) is 32.5 Å². The Bertz CT molecular complexity index is 1110. The van der Waals surface area contributed by atoms with Crippen LogP contribution in [0.4, 0.5) is 4.39 Å². The maximum atomic E-state index is 13.5. The quantitative estimate of drug-likeness (QED) is 0.540. The number of nitrogens with one attached hydrogen (secondary N) is 1. The largest absolute Gasteiger partial charge is 0.497 e. The van der Waals surface area contributed by atoms with E-state index in [1.165, 1.54) is 26.4 Å². The molecular formula is C23H24FN3O5. The van der Waals surface area contributed by atoms with Crippen LogP contribution < -0.4 is 9.47 Å². The second-order valence-electron chi connectivity index (χ2n) is 7.24. The van der Waals surface area contributed by atoms with E-state index >= 15 is 0 Å². The van der Waals surface area contributed by atoms with Gasteiger partial charge in [-0.25, -0.2) is 4.39 Å². The molecule has 0 fully saturated rings. The van der Waals surface area contributed by atoms with Crippen molar-refractivity contribution in [3.63, 3.8) is 0 Å². The molecule has 1 aliphatic heterocycles. The summed E-state index contributed by atoms with van der Waals surface area (Å²) in [7, 11) is 6.16. The monoisotopic (exact) mass is 441 g/mol. The molecule has 32 heavy (non-hydrogen) atoms. The van der Waals surface area contributed by atoms with Gasteiger partial charge in [-0.1, -0.05) is 0 Å². The van der Waals surface area contributed by atoms with E-state index in [0.29, 0.717) is 34.0 Å². The van der Waals surface area contributed by atoms with Crippen molar-refractivity contribution in [2.45, 2.75) is 12.3 Å². The highest BCUT2D eigenvalue weighted by Gasteiger charge is 2.44. The van der Waals surface area contributed by atoms with Gasteiger partial charge in [-0.3, -0.25) is 9.89 Å². The first-order valence-electron chi connectivity index (χ1n) is 9.95. The van der Waals surface area contributed by atoms with E-state index in [0.717, 1.165) is 5.56 Å². The highest BCUT2D eigenvalue weighted by molar-refractivity contribution is 6.00. The maximum Gasteiger partial charge on any atom is 0.273 e. The number of fused-ring (bicyclic) bond motifs is 1. The van der Waals surface area contributed by atoms with Crippen molar-refractivity contribution in [3.8, 4) is 22.8 Å². The average Bonchev–Trinajstić information content (AvgIpc) is 3.36. The Kier molecular flexibility index (Phi) is 6.11. The number of benzene rings is 2. The van der Waals surface area contributed by atoms with Gasteiger partial charge in [-0.2, -0.15) is 5.10 Å². The van der Waals surface area contributed by atoms with Gasteiger partial charge in [0.1, 0.15) is 23.0 Å². The predicted molar refractivity (Wildman–Crippen MR) is 114 cm³/mol. The number of amides is 1. The molecule has 0 saturated carbocycles. The molecule has 1 unspecified atom stereocenters. The first-order chi connectivity index (χ1) is 15.5. The van der Waals surface area contributed by atoms with E-state index in [1.807, 2.05) is 6.07 Å². The molecule has 9 heteroatoms. The van der Waals surface area contributed by atoms with Crippen molar-refractivity contribution in [1.82, 2.24) is 15.1 Å². The molecular weight excluding hydrogens is 417 g/mol. The summed E-state index contributed by atoms with van der Waals surface area (Å²) in [6.45, 7) is 0.178. The number of carbonyl (C=O) groups excluding carboxylic acids is 1. The molecule has 0 bridgehead atoms. The van der Waals surface area contributed by atoms with Crippen LogP contribution in [0.1, 0.15) is 27.7 Å². The van der Waals surface area contributed by atoms with Crippen molar-refractivity contribution < 1.29 is 28.1 Å². The van der Waals surface area contributed by atoms with E-state index in [1.54, 1.807) is 43.4 Å². The van der Waals surface area contributed by atoms with Crippen LogP contribution in [0.3, 0.4) is 0 Å². The second-order valence-corrected chi connectivity index (χ2v) is 7.24. The van der Waals surface area contributed by atoms with Gasteiger partial charge in [0.15, 0.2) is 6.29 Å². The third-order valence-corrected chi connectivity index (χ3v) is 5.59. The van der Waals surface area contributed by atoms with Crippen molar-refractivity contribution in [3.05, 3.63) is 65.1 Å². The highest BCUT2D eigenvalue weighted by atomic mass is 19.1. The van der Waals surface area contributed by atoms with Crippen molar-refractivity contribution >= 4 is 5.91 Å². The molecule has 8 nitrogen and oxygen atoms in total. The Morgan fingerprint density at radius 1 is 1.06 bits per heavy atom. The fourth-order valence-electron chi connectivity index (χ4n) is 3.99. The van der Waals surface area contributed by atoms with Crippen LogP contribution in [0.15, 0.2) is 42.5 Å². The van der Waals surface area contributed by atoms with Gasteiger partial charge in [0.2, 0.25) is 0 Å². The molecule has 3 aromatic rings. The van der Waals surface area contributed by atoms with Crippen LogP contribution in [0.5, 0.6) is 11.5 Å². The topological polar surface area (TPSA) is 85.9 Å². The van der Waals surface area contributed by atoms with Gasteiger partial charge >= 0.3 is 0 Å². The van der Waals surface area contributed by atoms with Crippen LogP contribution in [0.2, 0.25) is 0 Å². The number of aromatic nitrogens is 2. The Labute approximate surface area is 184 Å². The molecule has 1 N–H and O–H groups in total. The molecule has 1 amide bonds. The summed E-state index contributed by atoms with van der Waals surface area (Å²) < 4.78 is 35.2. The summed E-state index contributed by atoms with van der Waals surface area (Å²) in [5.74, 6) is 0.579. The molecule has 0 aliphatic carbocycles. The van der Waals surface area contributed by atoms with Crippen molar-refractivity contribution in [1.29, 1.82) is 0 Å². The number of ether oxygens (including phenoxy) is 4. The average molecular weight is 441 g/mol. The van der Waals surface area contributed by atoms with Crippen LogP contribution in [0.25, 0.3) is 11.3 Å². The number of carbonyl (C=O) groups is 1. The number of hydrogen-bond acceptors (Lipinski definition) is 6. The Morgan fingerprint density at radius 3 is 2.41 bits per heavy atom. The third kappa shape index (κ3) is 3.69. The van der Waals surface area contributed by atoms with Crippen LogP contribution >= 0.6 is 0 Å². The minimum Gasteiger partial charge on any atom is -0.497 e. The van der Waals surface area contributed by atoms with Crippen molar-refractivity contribution in [2.24, 2.45) is 0 Å². The normalized spacial score (nSPS) is 15.4. The maximum absolute atomic E-state index is 13.5. The van der Waals surface area contributed by atoms with E-state index in [-0.39, 0.29) is 18.3 Å². The molecule has 4 rings (SSSR count). The zero-order valence-corrected chi connectivity index (χ0v) is 18.2. The standard InChI is InChI=1S/C23H24FN3O5/c1-29-15-9-10-16(17(11-15)30-2)22-19-20(13-5-7-14(24)8-6-13)25-26-21(19)23(28)27(22)12-18(31-3)32-4/h5-11,18,22H,12H2,1-4H3,(H,25,26). The molecule has 2 aromatic carbocycles. The molecule has 168 valence electrons. The van der Waals surface area contributed by atoms with E-state index in [4.69, 9.17) is 18.9 Å². The summed E-state index contributed by atoms with van der Waals surface area (Å²) >= 11 is 0. The van der Waals surface area contributed by atoms with E-state index in [2.05, 4.69) is 10.2 Å². The number of rotatable bonds is 8. The lowest BCUT2D eigenvalue weighted by Gasteiger charge is -2.30. The summed E-state index contributed by atoms with van der Waals surface area (Å²) in [6, 6.07) is 10.9. The minimum absolute atomic E-state index is 0.178. The molecule has 0 saturated heterocycles. The Hall–Kier alpha value is -3.43. The highest BCUT2D eigenvalue weighted by Crippen LogP contribution is 2.46. The van der Waals surface area contributed by atoms with Crippen LogP contribution in [0, 0.1) is 5.82 Å². The first-order valence-corrected chi connectivity index (χ1v) is 9.95. The van der Waals surface area contributed by atoms with Crippen LogP contribution in [-0.2, 0) is 9.47 Å². The van der Waals surface area contributed by atoms with Gasteiger partial charge in [0, 0.05) is 37.0 Å². The van der Waals surface area contributed by atoms with Gasteiger partial charge in [0.25, 0.3) is 5.91 Å². The summed E-state index contributed by atoms with van der Waals surface area (Å²) in [5, 5.41) is 7.25. The minimum atomic E-state index is -0.628. The molecule has 0 radical (unpaired) electrons. The smallest absolute Gasteiger partial charge is 0.273 e. The Balaban J connectivity index is 1.89. The zero-order valence-electron chi connectivity index (χ0n) is 18.2. The number of halogens is 1.